The van der Waals surface area contributed by atoms with Crippen molar-refractivity contribution in [2.75, 3.05) is 24.2 Å². The van der Waals surface area contributed by atoms with Crippen molar-refractivity contribution < 1.29 is 20.1 Å². The van der Waals surface area contributed by atoms with Crippen molar-refractivity contribution in [3.8, 4) is 0 Å². The minimum absolute atomic E-state index is 0.00849. The summed E-state index contributed by atoms with van der Waals surface area (Å²) in [7, 11) is 5.40. The molecule has 3 aromatic rings. The number of hydrogen-bond donors (Lipinski definition) is 5. The van der Waals surface area contributed by atoms with Gasteiger partial charge in [-0.2, -0.15) is 4.98 Å². The van der Waals surface area contributed by atoms with Crippen molar-refractivity contribution >= 4 is 65.7 Å². The van der Waals surface area contributed by atoms with Gasteiger partial charge in [0.25, 0.3) is 0 Å². The van der Waals surface area contributed by atoms with Crippen molar-refractivity contribution in [2.45, 2.75) is 80.5 Å². The van der Waals surface area contributed by atoms with E-state index in [0.717, 1.165) is 11.5 Å². The van der Waals surface area contributed by atoms with Crippen LogP contribution in [-0.2, 0) is 4.74 Å². The summed E-state index contributed by atoms with van der Waals surface area (Å²) in [5, 5.41) is 31.9. The van der Waals surface area contributed by atoms with Crippen LogP contribution in [0.15, 0.2) is 27.3 Å². The van der Waals surface area contributed by atoms with E-state index in [-0.39, 0.29) is 36.6 Å². The van der Waals surface area contributed by atoms with E-state index in [1.807, 2.05) is 30.7 Å². The lowest BCUT2D eigenvalue weighted by Gasteiger charge is -2.22. The summed E-state index contributed by atoms with van der Waals surface area (Å²) in [6.45, 7) is 5.67. The highest BCUT2D eigenvalue weighted by Gasteiger charge is 2.32. The lowest BCUT2D eigenvalue weighted by atomic mass is 10.0. The highest BCUT2D eigenvalue weighted by atomic mass is 33.1. The van der Waals surface area contributed by atoms with E-state index in [1.54, 1.807) is 6.21 Å². The van der Waals surface area contributed by atoms with E-state index in [9.17, 15) is 15.3 Å². The second kappa shape index (κ2) is 13.7. The maximum atomic E-state index is 10.6. The van der Waals surface area contributed by atoms with Crippen LogP contribution in [0, 0.1) is 12.8 Å². The number of rotatable bonds is 12. The molecule has 1 saturated heterocycles. The molecule has 0 aromatic carbocycles. The van der Waals surface area contributed by atoms with E-state index < -0.39 is 18.3 Å². The molecule has 1 aliphatic heterocycles. The zero-order chi connectivity index (χ0) is 29.0. The highest BCUT2D eigenvalue weighted by Crippen LogP contribution is 2.43. The molecule has 12 nitrogen and oxygen atoms in total. The molecule has 4 rings (SSSR count). The molecule has 0 saturated carbocycles. The fourth-order valence-corrected chi connectivity index (χ4v) is 7.00. The Labute approximate surface area is 243 Å². The predicted octanol–water partition coefficient (Wildman–Crippen LogP) is 2.92. The molecular formula is C25H37N8O4PS2. The Morgan fingerprint density at radius 2 is 1.90 bits per heavy atom. The van der Waals surface area contributed by atoms with E-state index in [1.165, 1.54) is 21.6 Å². The summed E-state index contributed by atoms with van der Waals surface area (Å²) in [6, 6.07) is 1.96. The molecule has 4 heterocycles. The lowest BCUT2D eigenvalue weighted by Crippen LogP contribution is -2.24. The molecule has 1 fully saturated rings. The molecule has 15 heteroatoms. The Balaban J connectivity index is 1.52. The molecule has 7 N–H and O–H groups in total. The number of aryl methyl sites for hydroxylation is 1. The topological polar surface area (TPSA) is 191 Å². The van der Waals surface area contributed by atoms with Gasteiger partial charge in [0.2, 0.25) is 11.9 Å². The molecule has 218 valence electrons. The lowest BCUT2D eigenvalue weighted by molar-refractivity contribution is -0.0196. The van der Waals surface area contributed by atoms with Gasteiger partial charge in [-0.1, -0.05) is 6.92 Å². The smallest absolute Gasteiger partial charge is 0.223 e. The van der Waals surface area contributed by atoms with Gasteiger partial charge < -0.3 is 36.1 Å². The number of aliphatic hydroxyl groups is 3. The maximum absolute atomic E-state index is 10.6. The van der Waals surface area contributed by atoms with Gasteiger partial charge >= 0.3 is 0 Å². The van der Waals surface area contributed by atoms with E-state index >= 15 is 0 Å². The van der Waals surface area contributed by atoms with Crippen LogP contribution in [0.1, 0.15) is 44.8 Å². The molecule has 0 spiro atoms. The Hall–Kier alpha value is -2.06. The van der Waals surface area contributed by atoms with Crippen LogP contribution < -0.4 is 11.5 Å². The molecule has 40 heavy (non-hydrogen) atoms. The number of nitrogens with two attached hydrogens (primary N) is 2. The summed E-state index contributed by atoms with van der Waals surface area (Å²) in [5.74, 6) is 0.461. The fraction of sp³-hybridized carbons (Fsp3) is 0.560. The third-order valence-corrected chi connectivity index (χ3v) is 9.89. The molecule has 0 radical (unpaired) electrons. The van der Waals surface area contributed by atoms with Gasteiger partial charge in [0.05, 0.1) is 36.0 Å². The van der Waals surface area contributed by atoms with E-state index in [2.05, 4.69) is 41.1 Å². The number of nitrogens with zero attached hydrogens (tertiary/aromatic N) is 6. The number of aromatic nitrogens is 5. The highest BCUT2D eigenvalue weighted by molar-refractivity contribution is 8.76. The number of fused-ring (bicyclic) bond motifs is 1. The molecule has 7 atom stereocenters. The average Bonchev–Trinajstić information content (AvgIpc) is 3.50. The van der Waals surface area contributed by atoms with Gasteiger partial charge in [0, 0.05) is 31.3 Å². The molecule has 0 aliphatic carbocycles. The minimum atomic E-state index is -0.688. The molecule has 7 unspecified atom stereocenters. The summed E-state index contributed by atoms with van der Waals surface area (Å²) < 4.78 is 7.68. The minimum Gasteiger partial charge on any atom is -0.394 e. The Bertz CT molecular complexity index is 1350. The number of aliphatic imine (C=N–C) groups is 1. The fourth-order valence-electron chi connectivity index (χ4n) is 4.53. The normalized spacial score (nSPS) is 21.8. The van der Waals surface area contributed by atoms with Gasteiger partial charge in [-0.3, -0.25) is 4.99 Å². The van der Waals surface area contributed by atoms with Crippen molar-refractivity contribution in [3.63, 3.8) is 0 Å². The first-order valence-corrected chi connectivity index (χ1v) is 16.1. The molecule has 1 aliphatic rings. The standard InChI is InChI=1S/C25H37N8O4PS2/c1-12(11-38)17(35)8-13(2)33-7-5-16-21(33)30-25(27)31-22(16)39-40-23-20(14(3)29-24(26)32-23)28-6-4-15-9-18(36)19(10-34)37-15/h5-7,12-13,15,17-19,34-36H,4,8-11,38H2,1-3H3,(H2,26,29,32)(H2,27,30,31). The Kier molecular flexibility index (Phi) is 10.6. The third kappa shape index (κ3) is 7.22. The second-order valence-corrected chi connectivity index (χ2v) is 12.6. The monoisotopic (exact) mass is 608 g/mol. The van der Waals surface area contributed by atoms with Crippen LogP contribution in [0.3, 0.4) is 0 Å². The average molecular weight is 609 g/mol. The van der Waals surface area contributed by atoms with Crippen LogP contribution in [0.5, 0.6) is 0 Å². The van der Waals surface area contributed by atoms with Crippen LogP contribution in [0.25, 0.3) is 11.0 Å². The van der Waals surface area contributed by atoms with Crippen LogP contribution in [0.4, 0.5) is 17.6 Å². The Morgan fingerprint density at radius 1 is 1.20 bits per heavy atom. The summed E-state index contributed by atoms with van der Waals surface area (Å²) in [4.78, 5) is 22.2. The SMILES string of the molecule is Cc1nc(N)nc(SSc2nc(N)nc3c2ccn3C(C)CC(O)C(C)CP)c1N=CCC1CC(O)C(CO)O1. The molecule has 0 amide bonds. The van der Waals surface area contributed by atoms with Gasteiger partial charge in [-0.25, -0.2) is 15.0 Å². The summed E-state index contributed by atoms with van der Waals surface area (Å²) in [5.41, 5.74) is 14.0. The van der Waals surface area contributed by atoms with Crippen molar-refractivity contribution in [3.05, 3.63) is 18.0 Å². The number of aliphatic hydroxyl groups excluding tert-OH is 3. The summed E-state index contributed by atoms with van der Waals surface area (Å²) in [6.07, 6.45) is 4.06. The van der Waals surface area contributed by atoms with Crippen LogP contribution in [-0.4, -0.2) is 83.2 Å². The second-order valence-electron chi connectivity index (χ2n) is 10.0. The van der Waals surface area contributed by atoms with E-state index in [0.29, 0.717) is 46.3 Å². The summed E-state index contributed by atoms with van der Waals surface area (Å²) >= 11 is 0. The molecule has 3 aromatic heterocycles. The quantitative estimate of drug-likeness (QED) is 0.0876. The van der Waals surface area contributed by atoms with E-state index in [4.69, 9.17) is 16.2 Å². The largest absolute Gasteiger partial charge is 0.394 e. The number of nitrogen functional groups attached to an aromatic ring is 2. The van der Waals surface area contributed by atoms with Gasteiger partial charge in [-0.05, 0) is 60.0 Å². The van der Waals surface area contributed by atoms with Gasteiger partial charge in [-0.15, -0.1) is 9.24 Å². The molecular weight excluding hydrogens is 571 g/mol. The van der Waals surface area contributed by atoms with Crippen LogP contribution in [0.2, 0.25) is 0 Å². The van der Waals surface area contributed by atoms with Crippen molar-refractivity contribution in [1.29, 1.82) is 0 Å². The zero-order valence-corrected chi connectivity index (χ0v) is 25.5. The Morgan fingerprint density at radius 3 is 2.60 bits per heavy atom. The van der Waals surface area contributed by atoms with Crippen LogP contribution >= 0.6 is 30.8 Å². The van der Waals surface area contributed by atoms with Gasteiger partial charge in [0.1, 0.15) is 27.5 Å². The predicted molar refractivity (Wildman–Crippen MR) is 163 cm³/mol. The number of ether oxygens (including phenoxy) is 1. The van der Waals surface area contributed by atoms with Gasteiger partial charge in [0.15, 0.2) is 0 Å². The number of anilines is 2. The first kappa shape index (κ1) is 30.9. The molecule has 0 bridgehead atoms. The first-order chi connectivity index (χ1) is 19.1. The maximum Gasteiger partial charge on any atom is 0.223 e. The van der Waals surface area contributed by atoms with Crippen molar-refractivity contribution in [2.24, 2.45) is 10.9 Å². The number of hydrogen-bond acceptors (Lipinski definition) is 13. The zero-order valence-electron chi connectivity index (χ0n) is 22.7. The first-order valence-electron chi connectivity index (χ1n) is 13.1. The third-order valence-electron chi connectivity index (χ3n) is 6.95. The van der Waals surface area contributed by atoms with Crippen molar-refractivity contribution in [1.82, 2.24) is 24.5 Å².